The van der Waals surface area contributed by atoms with Crippen LogP contribution in [0.4, 0.5) is 9.93 Å². The van der Waals surface area contributed by atoms with Gasteiger partial charge in [0, 0.05) is 29.4 Å². The number of aromatic nitrogens is 1. The minimum absolute atomic E-state index is 0.0662. The minimum atomic E-state index is -0.203. The van der Waals surface area contributed by atoms with Crippen molar-refractivity contribution in [3.05, 3.63) is 34.3 Å². The second-order valence-corrected chi connectivity index (χ2v) is 8.60. The Bertz CT molecular complexity index is 939. The topological polar surface area (TPSA) is 92.8 Å². The van der Waals surface area contributed by atoms with Crippen LogP contribution in [0.2, 0.25) is 0 Å². The summed E-state index contributed by atoms with van der Waals surface area (Å²) in [5.41, 5.74) is 1.50. The summed E-state index contributed by atoms with van der Waals surface area (Å²) in [4.78, 5) is 32.6. The molecule has 3 amide bonds. The van der Waals surface area contributed by atoms with Crippen LogP contribution in [0.1, 0.15) is 46.6 Å². The van der Waals surface area contributed by atoms with E-state index < -0.39 is 0 Å². The number of benzene rings is 1. The second-order valence-electron chi connectivity index (χ2n) is 7.52. The van der Waals surface area contributed by atoms with Crippen LogP contribution in [0.3, 0.4) is 0 Å². The molecule has 0 atom stereocenters. The van der Waals surface area contributed by atoms with Crippen molar-refractivity contribution in [3.63, 3.8) is 0 Å². The van der Waals surface area contributed by atoms with Crippen LogP contribution in [-0.2, 0) is 13.0 Å². The fourth-order valence-electron chi connectivity index (χ4n) is 3.96. The molecule has 0 unspecified atom stereocenters. The summed E-state index contributed by atoms with van der Waals surface area (Å²) in [6, 6.07) is 5.23. The third kappa shape index (κ3) is 4.35. The van der Waals surface area contributed by atoms with Gasteiger partial charge in [-0.3, -0.25) is 10.1 Å². The van der Waals surface area contributed by atoms with E-state index in [1.807, 2.05) is 0 Å². The molecule has 2 heterocycles. The number of amides is 3. The van der Waals surface area contributed by atoms with Crippen LogP contribution in [0.5, 0.6) is 11.5 Å². The van der Waals surface area contributed by atoms with E-state index in [4.69, 9.17) is 9.47 Å². The van der Waals surface area contributed by atoms with Gasteiger partial charge in [-0.25, -0.2) is 9.78 Å². The molecule has 30 heavy (non-hydrogen) atoms. The van der Waals surface area contributed by atoms with Gasteiger partial charge in [-0.2, -0.15) is 0 Å². The number of thiazole rings is 1. The van der Waals surface area contributed by atoms with E-state index in [2.05, 4.69) is 15.6 Å². The number of urea groups is 1. The summed E-state index contributed by atoms with van der Waals surface area (Å²) in [6.45, 7) is 1.06. The SMILES string of the molecule is COc1ccc(C(=O)N2CCc3nc(NC(=O)NC4CCCC4)sc3C2)cc1OC. The number of rotatable bonds is 5. The fourth-order valence-corrected chi connectivity index (χ4v) is 4.98. The molecule has 2 aromatic rings. The van der Waals surface area contributed by atoms with Gasteiger partial charge in [0.2, 0.25) is 0 Å². The highest BCUT2D eigenvalue weighted by atomic mass is 32.1. The van der Waals surface area contributed by atoms with E-state index in [1.165, 1.54) is 24.2 Å². The number of carbonyl (C=O) groups excluding carboxylic acids is 2. The molecule has 2 aliphatic rings. The average Bonchev–Trinajstić information content (AvgIpc) is 3.41. The van der Waals surface area contributed by atoms with Crippen LogP contribution in [-0.4, -0.2) is 48.6 Å². The Balaban J connectivity index is 1.41. The van der Waals surface area contributed by atoms with E-state index in [-0.39, 0.29) is 18.0 Å². The first-order valence-electron chi connectivity index (χ1n) is 10.1. The van der Waals surface area contributed by atoms with Crippen molar-refractivity contribution in [2.24, 2.45) is 0 Å². The monoisotopic (exact) mass is 430 g/mol. The maximum atomic E-state index is 13.0. The lowest BCUT2D eigenvalue weighted by Crippen LogP contribution is -2.36. The second kappa shape index (κ2) is 8.91. The standard InChI is InChI=1S/C21H26N4O4S/c1-28-16-8-7-13(11-17(16)29-2)19(26)25-10-9-15-18(12-25)30-21(23-15)24-20(27)22-14-5-3-4-6-14/h7-8,11,14H,3-6,9-10,12H2,1-2H3,(H2,22,23,24,27). The molecule has 2 N–H and O–H groups in total. The average molecular weight is 431 g/mol. The van der Waals surface area contributed by atoms with Crippen LogP contribution in [0.15, 0.2) is 18.2 Å². The fraction of sp³-hybridized carbons (Fsp3) is 0.476. The summed E-state index contributed by atoms with van der Waals surface area (Å²) in [5, 5.41) is 6.44. The molecule has 1 saturated carbocycles. The van der Waals surface area contributed by atoms with Gasteiger partial charge < -0.3 is 19.7 Å². The Morgan fingerprint density at radius 3 is 2.67 bits per heavy atom. The molecular formula is C21H26N4O4S. The molecule has 1 aliphatic carbocycles. The van der Waals surface area contributed by atoms with Crippen molar-refractivity contribution in [1.82, 2.24) is 15.2 Å². The van der Waals surface area contributed by atoms with E-state index in [0.29, 0.717) is 41.7 Å². The number of hydrogen-bond acceptors (Lipinski definition) is 6. The largest absolute Gasteiger partial charge is 0.493 e. The molecule has 9 heteroatoms. The van der Waals surface area contributed by atoms with Crippen molar-refractivity contribution >= 4 is 28.4 Å². The Hall–Kier alpha value is -2.81. The number of nitrogens with one attached hydrogen (secondary N) is 2. The van der Waals surface area contributed by atoms with Crippen molar-refractivity contribution < 1.29 is 19.1 Å². The number of methoxy groups -OCH3 is 2. The highest BCUT2D eigenvalue weighted by molar-refractivity contribution is 7.15. The molecule has 0 radical (unpaired) electrons. The van der Waals surface area contributed by atoms with Crippen molar-refractivity contribution in [2.45, 2.75) is 44.7 Å². The predicted octanol–water partition coefficient (Wildman–Crippen LogP) is 3.42. The molecule has 1 aliphatic heterocycles. The molecular weight excluding hydrogens is 404 g/mol. The van der Waals surface area contributed by atoms with Gasteiger partial charge in [0.25, 0.3) is 5.91 Å². The lowest BCUT2D eigenvalue weighted by atomic mass is 10.1. The lowest BCUT2D eigenvalue weighted by Gasteiger charge is -2.26. The molecule has 160 valence electrons. The zero-order valence-corrected chi connectivity index (χ0v) is 18.0. The molecule has 0 spiro atoms. The smallest absolute Gasteiger partial charge is 0.321 e. The normalized spacial score (nSPS) is 16.1. The molecule has 1 aromatic carbocycles. The molecule has 0 bridgehead atoms. The Morgan fingerprint density at radius 1 is 1.17 bits per heavy atom. The van der Waals surface area contributed by atoms with E-state index >= 15 is 0 Å². The van der Waals surface area contributed by atoms with Crippen LogP contribution in [0.25, 0.3) is 0 Å². The first kappa shape index (κ1) is 20.5. The number of carbonyl (C=O) groups is 2. The number of nitrogens with zero attached hydrogens (tertiary/aromatic N) is 2. The molecule has 1 fully saturated rings. The molecule has 8 nitrogen and oxygen atoms in total. The van der Waals surface area contributed by atoms with E-state index in [1.54, 1.807) is 37.3 Å². The Morgan fingerprint density at radius 2 is 1.93 bits per heavy atom. The quantitative estimate of drug-likeness (QED) is 0.758. The summed E-state index contributed by atoms with van der Waals surface area (Å²) >= 11 is 1.43. The summed E-state index contributed by atoms with van der Waals surface area (Å²) in [6.07, 6.45) is 5.07. The van der Waals surface area contributed by atoms with Gasteiger partial charge in [0.1, 0.15) is 0 Å². The van der Waals surface area contributed by atoms with Crippen molar-refractivity contribution in [2.75, 3.05) is 26.1 Å². The lowest BCUT2D eigenvalue weighted by molar-refractivity contribution is 0.0735. The zero-order valence-electron chi connectivity index (χ0n) is 17.2. The highest BCUT2D eigenvalue weighted by Crippen LogP contribution is 2.31. The summed E-state index contributed by atoms with van der Waals surface area (Å²) < 4.78 is 10.6. The van der Waals surface area contributed by atoms with Gasteiger partial charge >= 0.3 is 6.03 Å². The van der Waals surface area contributed by atoms with E-state index in [9.17, 15) is 9.59 Å². The van der Waals surface area contributed by atoms with Gasteiger partial charge in [-0.1, -0.05) is 24.2 Å². The molecule has 1 aromatic heterocycles. The minimum Gasteiger partial charge on any atom is -0.493 e. The number of ether oxygens (including phenoxy) is 2. The predicted molar refractivity (Wildman–Crippen MR) is 115 cm³/mol. The third-order valence-electron chi connectivity index (χ3n) is 5.56. The van der Waals surface area contributed by atoms with Gasteiger partial charge in [0.05, 0.1) is 26.5 Å². The third-order valence-corrected chi connectivity index (χ3v) is 6.56. The van der Waals surface area contributed by atoms with Crippen LogP contribution >= 0.6 is 11.3 Å². The number of hydrogen-bond donors (Lipinski definition) is 2. The van der Waals surface area contributed by atoms with Crippen LogP contribution in [0, 0.1) is 0 Å². The first-order chi connectivity index (χ1) is 14.6. The Kier molecular flexibility index (Phi) is 6.08. The highest BCUT2D eigenvalue weighted by Gasteiger charge is 2.26. The maximum absolute atomic E-state index is 13.0. The first-order valence-corrected chi connectivity index (χ1v) is 11.0. The van der Waals surface area contributed by atoms with Crippen molar-refractivity contribution in [3.8, 4) is 11.5 Å². The van der Waals surface area contributed by atoms with Gasteiger partial charge in [0.15, 0.2) is 16.6 Å². The van der Waals surface area contributed by atoms with Crippen molar-refractivity contribution in [1.29, 1.82) is 0 Å². The maximum Gasteiger partial charge on any atom is 0.321 e. The summed E-state index contributed by atoms with van der Waals surface area (Å²) in [5.74, 6) is 1.05. The van der Waals surface area contributed by atoms with E-state index in [0.717, 1.165) is 23.4 Å². The molecule has 4 rings (SSSR count). The van der Waals surface area contributed by atoms with Crippen LogP contribution < -0.4 is 20.1 Å². The zero-order chi connectivity index (χ0) is 21.1. The van der Waals surface area contributed by atoms with Gasteiger partial charge in [-0.05, 0) is 31.0 Å². The Labute approximate surface area is 179 Å². The number of fused-ring (bicyclic) bond motifs is 1. The molecule has 0 saturated heterocycles. The number of anilines is 1. The van der Waals surface area contributed by atoms with Gasteiger partial charge in [-0.15, -0.1) is 0 Å². The summed E-state index contributed by atoms with van der Waals surface area (Å²) in [7, 11) is 3.11.